The third-order valence-electron chi connectivity index (χ3n) is 5.30. The predicted octanol–water partition coefficient (Wildman–Crippen LogP) is 2.85. The van der Waals surface area contributed by atoms with E-state index in [1.807, 2.05) is 59.1 Å². The maximum Gasteiger partial charge on any atom is 0.277 e. The zero-order valence-electron chi connectivity index (χ0n) is 15.5. The van der Waals surface area contributed by atoms with Gasteiger partial charge in [0.25, 0.3) is 5.91 Å². The molecule has 0 aromatic heterocycles. The molecule has 1 aliphatic heterocycles. The van der Waals surface area contributed by atoms with E-state index in [0.717, 1.165) is 24.1 Å². The van der Waals surface area contributed by atoms with Crippen LogP contribution in [-0.4, -0.2) is 59.2 Å². The normalized spacial score (nSPS) is 20.3. The van der Waals surface area contributed by atoms with Gasteiger partial charge in [0.2, 0.25) is 0 Å². The molecule has 1 aromatic carbocycles. The molecule has 26 heavy (non-hydrogen) atoms. The van der Waals surface area contributed by atoms with Crippen molar-refractivity contribution in [2.45, 2.75) is 38.1 Å². The van der Waals surface area contributed by atoms with Crippen molar-refractivity contribution in [2.75, 3.05) is 32.1 Å². The highest BCUT2D eigenvalue weighted by Crippen LogP contribution is 2.30. The summed E-state index contributed by atoms with van der Waals surface area (Å²) in [5, 5.41) is 9.66. The van der Waals surface area contributed by atoms with Gasteiger partial charge >= 0.3 is 0 Å². The molecule has 0 spiro atoms. The van der Waals surface area contributed by atoms with Gasteiger partial charge in [0.15, 0.2) is 5.11 Å². The molecule has 1 saturated carbocycles. The maximum absolute atomic E-state index is 13.0. The summed E-state index contributed by atoms with van der Waals surface area (Å²) >= 11 is 5.56. The van der Waals surface area contributed by atoms with Gasteiger partial charge in [-0.05, 0) is 48.8 Å². The first-order chi connectivity index (χ1) is 12.5. The summed E-state index contributed by atoms with van der Waals surface area (Å²) in [6.45, 7) is 0.711. The van der Waals surface area contributed by atoms with Crippen LogP contribution in [0.1, 0.15) is 37.7 Å². The molecule has 0 atom stereocenters. The molecule has 5 nitrogen and oxygen atoms in total. The van der Waals surface area contributed by atoms with Gasteiger partial charge < -0.3 is 14.9 Å². The summed E-state index contributed by atoms with van der Waals surface area (Å²) in [6, 6.07) is 8.22. The van der Waals surface area contributed by atoms with Crippen LogP contribution >= 0.6 is 12.2 Å². The van der Waals surface area contributed by atoms with Gasteiger partial charge in [-0.15, -0.1) is 0 Å². The van der Waals surface area contributed by atoms with Crippen LogP contribution in [0.25, 0.3) is 6.08 Å². The molecule has 0 radical (unpaired) electrons. The van der Waals surface area contributed by atoms with Gasteiger partial charge in [-0.2, -0.15) is 0 Å². The average Bonchev–Trinajstić information content (AvgIpc) is 2.86. The van der Waals surface area contributed by atoms with Crippen LogP contribution in [0.4, 0.5) is 5.69 Å². The summed E-state index contributed by atoms with van der Waals surface area (Å²) in [6.07, 6.45) is 7.58. The van der Waals surface area contributed by atoms with Crippen molar-refractivity contribution in [1.29, 1.82) is 0 Å². The summed E-state index contributed by atoms with van der Waals surface area (Å²) in [7, 11) is 3.82. The van der Waals surface area contributed by atoms with Gasteiger partial charge in [0.1, 0.15) is 5.70 Å². The lowest BCUT2D eigenvalue weighted by atomic mass is 9.94. The fraction of sp³-hybridized carbons (Fsp3) is 0.500. The molecule has 1 saturated heterocycles. The summed E-state index contributed by atoms with van der Waals surface area (Å²) < 4.78 is 0. The van der Waals surface area contributed by atoms with Gasteiger partial charge in [0, 0.05) is 32.4 Å². The van der Waals surface area contributed by atoms with Crippen molar-refractivity contribution in [3.05, 3.63) is 35.5 Å². The number of carbonyl (C=O) groups is 1. The Hall–Kier alpha value is -1.92. The lowest BCUT2D eigenvalue weighted by Crippen LogP contribution is -2.41. The van der Waals surface area contributed by atoms with Crippen LogP contribution in [0, 0.1) is 0 Å². The predicted molar refractivity (Wildman–Crippen MR) is 109 cm³/mol. The molecule has 0 bridgehead atoms. The number of likely N-dealkylation sites (N-methyl/N-ethyl adjacent to an activating group) is 2. The average molecular weight is 374 g/mol. The van der Waals surface area contributed by atoms with Crippen LogP contribution in [0.15, 0.2) is 30.0 Å². The molecular formula is C20H27N3O2S. The van der Waals surface area contributed by atoms with Crippen LogP contribution in [0.2, 0.25) is 0 Å². The Morgan fingerprint density at radius 1 is 1.23 bits per heavy atom. The van der Waals surface area contributed by atoms with Crippen molar-refractivity contribution in [3.63, 3.8) is 0 Å². The number of benzene rings is 1. The van der Waals surface area contributed by atoms with Crippen LogP contribution in [0.3, 0.4) is 0 Å². The highest BCUT2D eigenvalue weighted by Gasteiger charge is 2.40. The number of amides is 1. The fourth-order valence-electron chi connectivity index (χ4n) is 3.70. The van der Waals surface area contributed by atoms with Crippen molar-refractivity contribution in [2.24, 2.45) is 0 Å². The summed E-state index contributed by atoms with van der Waals surface area (Å²) in [5.41, 5.74) is 2.64. The third-order valence-corrected chi connectivity index (χ3v) is 5.78. The molecule has 1 heterocycles. The molecule has 140 valence electrons. The number of thiocarbonyl (C=S) groups is 1. The Morgan fingerprint density at radius 2 is 1.88 bits per heavy atom. The number of hydrogen-bond donors (Lipinski definition) is 1. The second-order valence-electron chi connectivity index (χ2n) is 7.07. The zero-order chi connectivity index (χ0) is 18.7. The smallest absolute Gasteiger partial charge is 0.277 e. The molecule has 3 rings (SSSR count). The van der Waals surface area contributed by atoms with Crippen LogP contribution < -0.4 is 4.90 Å². The van der Waals surface area contributed by atoms with E-state index < -0.39 is 0 Å². The number of hydrogen-bond acceptors (Lipinski definition) is 4. The molecule has 1 amide bonds. The molecule has 0 unspecified atom stereocenters. The van der Waals surface area contributed by atoms with Crippen LogP contribution in [0.5, 0.6) is 0 Å². The van der Waals surface area contributed by atoms with Crippen molar-refractivity contribution >= 4 is 35.0 Å². The number of anilines is 1. The van der Waals surface area contributed by atoms with E-state index in [0.29, 0.717) is 17.4 Å². The van der Waals surface area contributed by atoms with Crippen LogP contribution in [-0.2, 0) is 4.79 Å². The maximum atomic E-state index is 13.0. The zero-order valence-corrected chi connectivity index (χ0v) is 16.3. The molecule has 1 aromatic rings. The highest BCUT2D eigenvalue weighted by molar-refractivity contribution is 7.80. The second-order valence-corrected chi connectivity index (χ2v) is 7.44. The van der Waals surface area contributed by atoms with Crippen molar-refractivity contribution in [1.82, 2.24) is 9.80 Å². The van der Waals surface area contributed by atoms with Crippen molar-refractivity contribution in [3.8, 4) is 0 Å². The molecule has 6 heteroatoms. The first kappa shape index (κ1) is 18.9. The lowest BCUT2D eigenvalue weighted by molar-refractivity contribution is -0.124. The number of nitrogens with zero attached hydrogens (tertiary/aromatic N) is 3. The third kappa shape index (κ3) is 3.76. The minimum Gasteiger partial charge on any atom is -0.395 e. The van der Waals surface area contributed by atoms with Crippen molar-refractivity contribution < 1.29 is 9.90 Å². The minimum absolute atomic E-state index is 0.0193. The Kier molecular flexibility index (Phi) is 5.94. The topological polar surface area (TPSA) is 47.0 Å². The van der Waals surface area contributed by atoms with E-state index in [1.165, 1.54) is 19.3 Å². The Balaban J connectivity index is 1.79. The molecule has 1 aliphatic carbocycles. The van der Waals surface area contributed by atoms with E-state index in [-0.39, 0.29) is 18.6 Å². The van der Waals surface area contributed by atoms with E-state index in [9.17, 15) is 4.79 Å². The first-order valence-electron chi connectivity index (χ1n) is 9.28. The van der Waals surface area contributed by atoms with Gasteiger partial charge in [-0.1, -0.05) is 31.4 Å². The Bertz CT molecular complexity index is 696. The fourth-order valence-corrected chi connectivity index (χ4v) is 4.03. The van der Waals surface area contributed by atoms with Gasteiger partial charge in [0.05, 0.1) is 6.61 Å². The Morgan fingerprint density at radius 3 is 2.50 bits per heavy atom. The van der Waals surface area contributed by atoms with E-state index in [1.54, 1.807) is 0 Å². The Labute approximate surface area is 160 Å². The number of rotatable bonds is 5. The quantitative estimate of drug-likeness (QED) is 0.635. The molecule has 2 aliphatic rings. The number of carbonyl (C=O) groups excluding carboxylic acids is 1. The first-order valence-corrected chi connectivity index (χ1v) is 9.68. The number of aliphatic hydroxyl groups excluding tert-OH is 1. The van der Waals surface area contributed by atoms with E-state index in [4.69, 9.17) is 17.3 Å². The van der Waals surface area contributed by atoms with E-state index in [2.05, 4.69) is 0 Å². The largest absolute Gasteiger partial charge is 0.395 e. The second kappa shape index (κ2) is 8.18. The van der Waals surface area contributed by atoms with E-state index >= 15 is 0 Å². The monoisotopic (exact) mass is 373 g/mol. The highest BCUT2D eigenvalue weighted by atomic mass is 32.1. The minimum atomic E-state index is 0.0193. The molecular weight excluding hydrogens is 346 g/mol. The van der Waals surface area contributed by atoms with Gasteiger partial charge in [-0.3, -0.25) is 9.69 Å². The SMILES string of the molecule is CN1C(=S)N(C2CCCCC2)C(=O)C1=Cc1ccc(N(C)CCO)cc1. The standard InChI is InChI=1S/C20H27N3O2S/c1-21(12-13-24)16-10-8-15(9-11-16)14-18-19(25)23(20(26)22(18)2)17-6-4-3-5-7-17/h8-11,14,17,24H,3-7,12-13H2,1-2H3. The number of aliphatic hydroxyl groups is 1. The lowest BCUT2D eigenvalue weighted by Gasteiger charge is -2.30. The molecule has 2 fully saturated rings. The molecule has 1 N–H and O–H groups in total. The summed E-state index contributed by atoms with van der Waals surface area (Å²) in [4.78, 5) is 18.6. The summed E-state index contributed by atoms with van der Waals surface area (Å²) in [5.74, 6) is 0.0193. The van der Waals surface area contributed by atoms with Gasteiger partial charge in [-0.25, -0.2) is 0 Å².